The molecule has 2 aromatic carbocycles. The van der Waals surface area contributed by atoms with Crippen molar-refractivity contribution in [3.63, 3.8) is 0 Å². The fourth-order valence-electron chi connectivity index (χ4n) is 2.02. The second-order valence-corrected chi connectivity index (χ2v) is 5.50. The fraction of sp³-hybridized carbons (Fsp3) is 0.0625. The van der Waals surface area contributed by atoms with E-state index in [1.165, 1.54) is 36.4 Å². The number of carbonyl (C=O) groups is 3. The van der Waals surface area contributed by atoms with Crippen LogP contribution in [0, 0.1) is 10.1 Å². The van der Waals surface area contributed by atoms with Crippen molar-refractivity contribution in [3.8, 4) is 0 Å². The predicted molar refractivity (Wildman–Crippen MR) is 94.0 cm³/mol. The predicted octanol–water partition coefficient (Wildman–Crippen LogP) is 1.72. The van der Waals surface area contributed by atoms with E-state index in [1.807, 2.05) is 0 Å². The molecule has 0 atom stereocenters. The lowest BCUT2D eigenvalue weighted by molar-refractivity contribution is -0.384. The Morgan fingerprint density at radius 3 is 2.54 bits per heavy atom. The summed E-state index contributed by atoms with van der Waals surface area (Å²) in [4.78, 5) is 45.2. The lowest BCUT2D eigenvalue weighted by Crippen LogP contribution is -2.32. The maximum absolute atomic E-state index is 12.0. The first kappa shape index (κ1) is 18.9. The minimum absolute atomic E-state index is 0.0464. The molecular formula is C16H13ClN4O5. The number of benzene rings is 2. The molecule has 0 fully saturated rings. The number of nitro benzene ring substituents is 1. The van der Waals surface area contributed by atoms with Gasteiger partial charge in [0.2, 0.25) is 11.8 Å². The molecule has 0 spiro atoms. The Kier molecular flexibility index (Phi) is 5.86. The summed E-state index contributed by atoms with van der Waals surface area (Å²) in [5.41, 5.74) is 5.31. The Balaban J connectivity index is 1.97. The maximum atomic E-state index is 12.0. The Morgan fingerprint density at radius 2 is 1.88 bits per heavy atom. The van der Waals surface area contributed by atoms with Gasteiger partial charge >= 0.3 is 0 Å². The van der Waals surface area contributed by atoms with Crippen molar-refractivity contribution in [2.75, 3.05) is 11.9 Å². The molecule has 0 saturated heterocycles. The number of anilines is 1. The van der Waals surface area contributed by atoms with E-state index in [0.29, 0.717) is 0 Å². The molecule has 4 N–H and O–H groups in total. The van der Waals surface area contributed by atoms with Crippen LogP contribution >= 0.6 is 11.6 Å². The fourth-order valence-corrected chi connectivity index (χ4v) is 2.23. The number of nitrogens with one attached hydrogen (secondary N) is 2. The van der Waals surface area contributed by atoms with Crippen molar-refractivity contribution in [1.82, 2.24) is 5.32 Å². The zero-order valence-corrected chi connectivity index (χ0v) is 13.9. The Hall–Kier alpha value is -3.46. The van der Waals surface area contributed by atoms with Gasteiger partial charge in [-0.1, -0.05) is 17.7 Å². The van der Waals surface area contributed by atoms with Crippen molar-refractivity contribution >= 4 is 40.7 Å². The van der Waals surface area contributed by atoms with Crippen LogP contribution in [0.2, 0.25) is 5.02 Å². The van der Waals surface area contributed by atoms with Gasteiger partial charge in [0.1, 0.15) is 0 Å². The van der Waals surface area contributed by atoms with Gasteiger partial charge in [0.05, 0.1) is 22.1 Å². The molecule has 0 aliphatic heterocycles. The van der Waals surface area contributed by atoms with Crippen molar-refractivity contribution in [2.45, 2.75) is 0 Å². The highest BCUT2D eigenvalue weighted by Gasteiger charge is 2.13. The van der Waals surface area contributed by atoms with Gasteiger partial charge in [0.15, 0.2) is 0 Å². The van der Waals surface area contributed by atoms with E-state index < -0.39 is 22.6 Å². The lowest BCUT2D eigenvalue weighted by atomic mass is 10.2. The normalized spacial score (nSPS) is 10.0. The van der Waals surface area contributed by atoms with Crippen LogP contribution < -0.4 is 16.4 Å². The summed E-state index contributed by atoms with van der Waals surface area (Å²) in [5.74, 6) is -1.95. The molecule has 0 aromatic heterocycles. The molecule has 2 rings (SSSR count). The largest absolute Gasteiger partial charge is 0.366 e. The first-order valence-corrected chi connectivity index (χ1v) is 7.57. The third-order valence-corrected chi connectivity index (χ3v) is 3.57. The van der Waals surface area contributed by atoms with E-state index in [0.717, 1.165) is 6.07 Å². The standard InChI is InChI=1S/C16H13ClN4O5/c17-13-5-4-10(7-12(13)15(18)23)20-14(22)8-19-16(24)9-2-1-3-11(6-9)21(25)26/h1-7H,8H2,(H2,18,23)(H,19,24)(H,20,22). The molecule has 0 bridgehead atoms. The topological polar surface area (TPSA) is 144 Å². The van der Waals surface area contributed by atoms with Gasteiger partial charge in [-0.05, 0) is 24.3 Å². The number of nitrogens with zero attached hydrogens (tertiary/aromatic N) is 1. The molecule has 2 aromatic rings. The molecule has 134 valence electrons. The van der Waals surface area contributed by atoms with Gasteiger partial charge in [0, 0.05) is 23.4 Å². The summed E-state index contributed by atoms with van der Waals surface area (Å²) in [6, 6.07) is 9.29. The third-order valence-electron chi connectivity index (χ3n) is 3.24. The van der Waals surface area contributed by atoms with Crippen LogP contribution in [0.3, 0.4) is 0 Å². The van der Waals surface area contributed by atoms with Crippen LogP contribution in [-0.4, -0.2) is 29.2 Å². The minimum Gasteiger partial charge on any atom is -0.366 e. The van der Waals surface area contributed by atoms with Gasteiger partial charge in [0.25, 0.3) is 11.6 Å². The highest BCUT2D eigenvalue weighted by molar-refractivity contribution is 6.34. The number of non-ortho nitro benzene ring substituents is 1. The molecule has 9 nitrogen and oxygen atoms in total. The summed E-state index contributed by atoms with van der Waals surface area (Å²) >= 11 is 5.81. The Bertz CT molecular complexity index is 900. The second kappa shape index (κ2) is 8.08. The van der Waals surface area contributed by atoms with E-state index in [9.17, 15) is 24.5 Å². The number of halogens is 1. The number of nitrogens with two attached hydrogens (primary N) is 1. The number of rotatable bonds is 6. The lowest BCUT2D eigenvalue weighted by Gasteiger charge is -2.08. The molecule has 26 heavy (non-hydrogen) atoms. The number of hydrogen-bond acceptors (Lipinski definition) is 5. The molecule has 0 aliphatic carbocycles. The number of carbonyl (C=O) groups excluding carboxylic acids is 3. The summed E-state index contributed by atoms with van der Waals surface area (Å²) in [6.07, 6.45) is 0. The van der Waals surface area contributed by atoms with Crippen LogP contribution in [0.4, 0.5) is 11.4 Å². The third kappa shape index (κ3) is 4.77. The van der Waals surface area contributed by atoms with E-state index in [2.05, 4.69) is 10.6 Å². The quantitative estimate of drug-likeness (QED) is 0.519. The number of nitro groups is 1. The average molecular weight is 377 g/mol. The molecule has 0 aliphatic rings. The Morgan fingerprint density at radius 1 is 1.15 bits per heavy atom. The van der Waals surface area contributed by atoms with E-state index in [4.69, 9.17) is 17.3 Å². The van der Waals surface area contributed by atoms with Crippen molar-refractivity contribution < 1.29 is 19.3 Å². The minimum atomic E-state index is -0.745. The molecule has 0 saturated carbocycles. The van der Waals surface area contributed by atoms with Crippen LogP contribution in [0.25, 0.3) is 0 Å². The number of hydrogen-bond donors (Lipinski definition) is 3. The molecule has 3 amide bonds. The summed E-state index contributed by atoms with van der Waals surface area (Å²) in [6.45, 7) is -0.379. The van der Waals surface area contributed by atoms with Crippen molar-refractivity contribution in [2.24, 2.45) is 5.73 Å². The van der Waals surface area contributed by atoms with Gasteiger partial charge in [-0.3, -0.25) is 24.5 Å². The van der Waals surface area contributed by atoms with Gasteiger partial charge in [-0.25, -0.2) is 0 Å². The van der Waals surface area contributed by atoms with Gasteiger partial charge < -0.3 is 16.4 Å². The highest BCUT2D eigenvalue weighted by Crippen LogP contribution is 2.20. The van der Waals surface area contributed by atoms with Crippen LogP contribution in [-0.2, 0) is 4.79 Å². The smallest absolute Gasteiger partial charge is 0.270 e. The molecular weight excluding hydrogens is 364 g/mol. The van der Waals surface area contributed by atoms with Gasteiger partial charge in [-0.15, -0.1) is 0 Å². The van der Waals surface area contributed by atoms with Crippen LogP contribution in [0.5, 0.6) is 0 Å². The summed E-state index contributed by atoms with van der Waals surface area (Å²) < 4.78 is 0. The van der Waals surface area contributed by atoms with Gasteiger partial charge in [-0.2, -0.15) is 0 Å². The van der Waals surface area contributed by atoms with Crippen LogP contribution in [0.15, 0.2) is 42.5 Å². The summed E-state index contributed by atoms with van der Waals surface area (Å²) in [5, 5.41) is 15.7. The average Bonchev–Trinajstić information content (AvgIpc) is 2.61. The summed E-state index contributed by atoms with van der Waals surface area (Å²) in [7, 11) is 0. The zero-order chi connectivity index (χ0) is 19.3. The Labute approximate surface area is 152 Å². The van der Waals surface area contributed by atoms with E-state index >= 15 is 0 Å². The van der Waals surface area contributed by atoms with E-state index in [1.54, 1.807) is 0 Å². The maximum Gasteiger partial charge on any atom is 0.270 e. The monoisotopic (exact) mass is 376 g/mol. The molecule has 10 heteroatoms. The number of primary amides is 1. The second-order valence-electron chi connectivity index (χ2n) is 5.10. The molecule has 0 heterocycles. The number of amides is 3. The highest BCUT2D eigenvalue weighted by atomic mass is 35.5. The first-order chi connectivity index (χ1) is 12.3. The molecule has 0 unspecified atom stereocenters. The van der Waals surface area contributed by atoms with Crippen LogP contribution in [0.1, 0.15) is 20.7 Å². The van der Waals surface area contributed by atoms with Crippen molar-refractivity contribution in [1.29, 1.82) is 0 Å². The SMILES string of the molecule is NC(=O)c1cc(NC(=O)CNC(=O)c2cccc([N+](=O)[O-])c2)ccc1Cl. The first-order valence-electron chi connectivity index (χ1n) is 7.20. The molecule has 0 radical (unpaired) electrons. The van der Waals surface area contributed by atoms with E-state index in [-0.39, 0.29) is 34.1 Å². The zero-order valence-electron chi connectivity index (χ0n) is 13.2. The van der Waals surface area contributed by atoms with Crippen molar-refractivity contribution in [3.05, 3.63) is 68.7 Å².